The molecule has 3 heterocycles. The Hall–Kier alpha value is -2.22. The molecular weight excluding hydrogens is 321 g/mol. The van der Waals surface area contributed by atoms with Crippen molar-refractivity contribution in [1.82, 2.24) is 15.1 Å². The zero-order valence-corrected chi connectivity index (χ0v) is 13.1. The third-order valence-corrected chi connectivity index (χ3v) is 4.57. The highest BCUT2D eigenvalue weighted by Crippen LogP contribution is 2.37. The zero-order chi connectivity index (χ0) is 16.9. The Kier molecular flexibility index (Phi) is 3.28. The minimum absolute atomic E-state index is 0.238. The second-order valence-electron chi connectivity index (χ2n) is 6.56. The van der Waals surface area contributed by atoms with Gasteiger partial charge in [-0.1, -0.05) is 0 Å². The van der Waals surface area contributed by atoms with E-state index >= 15 is 0 Å². The fourth-order valence-electron chi connectivity index (χ4n) is 3.29. The summed E-state index contributed by atoms with van der Waals surface area (Å²) in [7, 11) is 0. The second kappa shape index (κ2) is 5.14. The van der Waals surface area contributed by atoms with Gasteiger partial charge in [-0.15, -0.1) is 13.2 Å². The number of ether oxygens (including phenoxy) is 1. The number of benzene rings is 1. The maximum absolute atomic E-state index is 12.2. The van der Waals surface area contributed by atoms with Gasteiger partial charge in [-0.2, -0.15) is 5.10 Å². The van der Waals surface area contributed by atoms with E-state index in [1.807, 2.05) is 13.0 Å². The van der Waals surface area contributed by atoms with Crippen LogP contribution in [0, 0.1) is 12.3 Å². The third-order valence-electron chi connectivity index (χ3n) is 4.57. The first kappa shape index (κ1) is 15.3. The number of nitrogens with one attached hydrogen (secondary N) is 1. The van der Waals surface area contributed by atoms with E-state index in [2.05, 4.69) is 20.1 Å². The number of alkyl halides is 3. The Morgan fingerprint density at radius 3 is 2.38 bits per heavy atom. The van der Waals surface area contributed by atoms with Crippen LogP contribution in [-0.4, -0.2) is 42.3 Å². The van der Waals surface area contributed by atoms with Gasteiger partial charge < -0.3 is 15.0 Å². The highest BCUT2D eigenvalue weighted by molar-refractivity contribution is 5.48. The van der Waals surface area contributed by atoms with Crippen LogP contribution >= 0.6 is 0 Å². The van der Waals surface area contributed by atoms with E-state index in [4.69, 9.17) is 0 Å². The fourth-order valence-corrected chi connectivity index (χ4v) is 3.29. The number of aryl methyl sites for hydroxylation is 1. The lowest BCUT2D eigenvalue weighted by molar-refractivity contribution is -0.274. The van der Waals surface area contributed by atoms with Crippen LogP contribution < -0.4 is 15.0 Å². The van der Waals surface area contributed by atoms with Crippen LogP contribution in [0.4, 0.5) is 19.0 Å². The first-order valence-corrected chi connectivity index (χ1v) is 7.72. The smallest absolute Gasteiger partial charge is 0.406 e. The molecule has 2 aromatic rings. The van der Waals surface area contributed by atoms with E-state index in [0.29, 0.717) is 11.1 Å². The molecule has 1 aromatic heterocycles. The Morgan fingerprint density at radius 1 is 1.17 bits per heavy atom. The minimum Gasteiger partial charge on any atom is -0.406 e. The molecule has 0 atom stereocenters. The van der Waals surface area contributed by atoms with Crippen molar-refractivity contribution in [1.29, 1.82) is 0 Å². The second-order valence-corrected chi connectivity index (χ2v) is 6.56. The van der Waals surface area contributed by atoms with Crippen LogP contribution in [0.15, 0.2) is 30.3 Å². The molecule has 1 spiro atoms. The molecule has 0 aliphatic carbocycles. The molecule has 0 unspecified atom stereocenters. The molecule has 0 saturated carbocycles. The van der Waals surface area contributed by atoms with Crippen LogP contribution in [0.1, 0.15) is 5.69 Å². The lowest BCUT2D eigenvalue weighted by atomic mass is 9.74. The Labute approximate surface area is 137 Å². The van der Waals surface area contributed by atoms with E-state index in [1.165, 1.54) is 12.1 Å². The topological polar surface area (TPSA) is 42.3 Å². The summed E-state index contributed by atoms with van der Waals surface area (Å²) < 4.78 is 42.3. The van der Waals surface area contributed by atoms with Crippen molar-refractivity contribution < 1.29 is 17.9 Å². The molecule has 0 amide bonds. The van der Waals surface area contributed by atoms with Crippen molar-refractivity contribution in [3.05, 3.63) is 36.0 Å². The lowest BCUT2D eigenvalue weighted by Gasteiger charge is -2.56. The molecule has 1 aromatic carbocycles. The van der Waals surface area contributed by atoms with Crippen LogP contribution in [-0.2, 0) is 0 Å². The Morgan fingerprint density at radius 2 is 1.83 bits per heavy atom. The van der Waals surface area contributed by atoms with Gasteiger partial charge in [0.15, 0.2) is 5.82 Å². The van der Waals surface area contributed by atoms with Gasteiger partial charge in [-0.05, 0) is 31.2 Å². The lowest BCUT2D eigenvalue weighted by Crippen LogP contribution is -2.71. The van der Waals surface area contributed by atoms with Crippen molar-refractivity contribution >= 4 is 5.82 Å². The third kappa shape index (κ3) is 2.71. The number of hydrogen-bond donors (Lipinski definition) is 1. The van der Waals surface area contributed by atoms with Gasteiger partial charge in [0.2, 0.25) is 0 Å². The molecule has 4 rings (SSSR count). The van der Waals surface area contributed by atoms with E-state index in [0.717, 1.165) is 37.7 Å². The average Bonchev–Trinajstić information content (AvgIpc) is 2.76. The number of aromatic nitrogens is 2. The van der Waals surface area contributed by atoms with Crippen molar-refractivity contribution in [3.8, 4) is 11.4 Å². The molecule has 5 nitrogen and oxygen atoms in total. The Bertz CT molecular complexity index is 742. The van der Waals surface area contributed by atoms with Crippen LogP contribution in [0.3, 0.4) is 0 Å². The monoisotopic (exact) mass is 338 g/mol. The largest absolute Gasteiger partial charge is 0.573 e. The van der Waals surface area contributed by atoms with E-state index in [9.17, 15) is 13.2 Å². The summed E-state index contributed by atoms with van der Waals surface area (Å²) in [4.78, 5) is 2.23. The number of anilines is 1. The van der Waals surface area contributed by atoms with Crippen molar-refractivity contribution in [3.63, 3.8) is 0 Å². The number of hydrogen-bond acceptors (Lipinski definition) is 4. The number of nitrogens with zero attached hydrogens (tertiary/aromatic N) is 3. The first-order valence-electron chi connectivity index (χ1n) is 7.72. The van der Waals surface area contributed by atoms with E-state index < -0.39 is 6.36 Å². The molecule has 24 heavy (non-hydrogen) atoms. The standard InChI is InChI=1S/C16H17F3N4O/c1-11-6-14(22-9-15(10-22)7-20-8-15)21-23(11)12-2-4-13(5-3-12)24-16(17,18)19/h2-6,20H,7-10H2,1H3. The zero-order valence-electron chi connectivity index (χ0n) is 13.1. The summed E-state index contributed by atoms with van der Waals surface area (Å²) in [6.45, 7) is 6.04. The summed E-state index contributed by atoms with van der Waals surface area (Å²) in [5.41, 5.74) is 2.05. The van der Waals surface area contributed by atoms with Crippen LogP contribution in [0.25, 0.3) is 5.69 Å². The van der Waals surface area contributed by atoms with Gasteiger partial charge in [0.05, 0.1) is 5.69 Å². The van der Waals surface area contributed by atoms with Crippen LogP contribution in [0.2, 0.25) is 0 Å². The van der Waals surface area contributed by atoms with Gasteiger partial charge in [0.1, 0.15) is 5.75 Å². The SMILES string of the molecule is Cc1cc(N2CC3(CNC3)C2)nn1-c1ccc(OC(F)(F)F)cc1. The molecule has 2 aliphatic rings. The quantitative estimate of drug-likeness (QED) is 0.934. The van der Waals surface area contributed by atoms with E-state index in [1.54, 1.807) is 16.8 Å². The van der Waals surface area contributed by atoms with Crippen LogP contribution in [0.5, 0.6) is 5.75 Å². The summed E-state index contributed by atoms with van der Waals surface area (Å²) in [6, 6.07) is 7.72. The van der Waals surface area contributed by atoms with Crippen molar-refractivity contribution in [2.45, 2.75) is 13.3 Å². The fraction of sp³-hybridized carbons (Fsp3) is 0.438. The molecule has 8 heteroatoms. The normalized spacial score (nSPS) is 19.1. The van der Waals surface area contributed by atoms with Gasteiger partial charge in [-0.3, -0.25) is 0 Å². The van der Waals surface area contributed by atoms with Crippen molar-refractivity contribution in [2.75, 3.05) is 31.1 Å². The van der Waals surface area contributed by atoms with E-state index in [-0.39, 0.29) is 5.75 Å². The minimum atomic E-state index is -4.68. The highest BCUT2D eigenvalue weighted by Gasteiger charge is 2.48. The molecule has 0 radical (unpaired) electrons. The average molecular weight is 338 g/mol. The Balaban J connectivity index is 1.50. The predicted octanol–water partition coefficient (Wildman–Crippen LogP) is 2.49. The molecule has 1 N–H and O–H groups in total. The summed E-state index contributed by atoms with van der Waals surface area (Å²) in [6.07, 6.45) is -4.68. The maximum atomic E-state index is 12.2. The first-order chi connectivity index (χ1) is 11.3. The van der Waals surface area contributed by atoms with Gasteiger partial charge in [0, 0.05) is 43.4 Å². The van der Waals surface area contributed by atoms with Crippen molar-refractivity contribution in [2.24, 2.45) is 5.41 Å². The molecule has 128 valence electrons. The molecule has 2 saturated heterocycles. The molecule has 2 aliphatic heterocycles. The summed E-state index contributed by atoms with van der Waals surface area (Å²) in [5, 5.41) is 7.88. The number of halogens is 3. The molecule has 2 fully saturated rings. The number of rotatable bonds is 3. The summed E-state index contributed by atoms with van der Waals surface area (Å²) >= 11 is 0. The molecule has 0 bridgehead atoms. The summed E-state index contributed by atoms with van der Waals surface area (Å²) in [5.74, 6) is 0.666. The van der Waals surface area contributed by atoms with Gasteiger partial charge in [0.25, 0.3) is 0 Å². The molecular formula is C16H17F3N4O. The predicted molar refractivity (Wildman–Crippen MR) is 82.5 cm³/mol. The van der Waals surface area contributed by atoms with Gasteiger partial charge in [-0.25, -0.2) is 4.68 Å². The van der Waals surface area contributed by atoms with Gasteiger partial charge >= 0.3 is 6.36 Å². The highest BCUT2D eigenvalue weighted by atomic mass is 19.4. The maximum Gasteiger partial charge on any atom is 0.573 e.